The summed E-state index contributed by atoms with van der Waals surface area (Å²) in [6, 6.07) is 10.5. The summed E-state index contributed by atoms with van der Waals surface area (Å²) in [4.78, 5) is 27.4. The van der Waals surface area contributed by atoms with E-state index >= 15 is 0 Å². The lowest BCUT2D eigenvalue weighted by atomic mass is 9.93. The number of aryl methyl sites for hydroxylation is 1. The Labute approximate surface area is 160 Å². The highest BCUT2D eigenvalue weighted by atomic mass is 32.1. The smallest absolute Gasteiger partial charge is 0.290 e. The minimum absolute atomic E-state index is 0.219. The lowest BCUT2D eigenvalue weighted by molar-refractivity contribution is -0.121. The summed E-state index contributed by atoms with van der Waals surface area (Å²) in [5.74, 6) is -0.360. The molecule has 1 aliphatic heterocycles. The highest BCUT2D eigenvalue weighted by Crippen LogP contribution is 2.26. The quantitative estimate of drug-likeness (QED) is 0.750. The number of carbonyl (C=O) groups excluding carboxylic acids is 2. The Morgan fingerprint density at radius 2 is 2.04 bits per heavy atom. The Hall–Kier alpha value is -3.00. The summed E-state index contributed by atoms with van der Waals surface area (Å²) in [7, 11) is 0. The van der Waals surface area contributed by atoms with Crippen molar-refractivity contribution in [2.45, 2.75) is 32.4 Å². The second-order valence-corrected chi connectivity index (χ2v) is 7.30. The van der Waals surface area contributed by atoms with Crippen LogP contribution in [0.3, 0.4) is 0 Å². The van der Waals surface area contributed by atoms with E-state index in [4.69, 9.17) is 4.42 Å². The maximum atomic E-state index is 13.0. The van der Waals surface area contributed by atoms with Crippen LogP contribution in [0.4, 0.5) is 5.13 Å². The van der Waals surface area contributed by atoms with Crippen LogP contribution in [0.1, 0.15) is 33.6 Å². The van der Waals surface area contributed by atoms with Gasteiger partial charge in [-0.2, -0.15) is 0 Å². The fourth-order valence-corrected chi connectivity index (χ4v) is 3.83. The maximum Gasteiger partial charge on any atom is 0.290 e. The number of hydrogen-bond acceptors (Lipinski definition) is 6. The minimum Gasteiger partial charge on any atom is -0.459 e. The number of carbonyl (C=O) groups is 2. The van der Waals surface area contributed by atoms with Gasteiger partial charge >= 0.3 is 0 Å². The summed E-state index contributed by atoms with van der Waals surface area (Å²) < 4.78 is 5.26. The van der Waals surface area contributed by atoms with E-state index in [2.05, 4.69) is 15.5 Å². The molecule has 0 aliphatic carbocycles. The Balaban J connectivity index is 1.62. The van der Waals surface area contributed by atoms with E-state index in [0.29, 0.717) is 18.1 Å². The number of fused-ring (bicyclic) bond motifs is 1. The van der Waals surface area contributed by atoms with Gasteiger partial charge in [0, 0.05) is 13.0 Å². The van der Waals surface area contributed by atoms with Gasteiger partial charge in [-0.05, 0) is 29.7 Å². The van der Waals surface area contributed by atoms with Crippen molar-refractivity contribution in [3.05, 3.63) is 64.6 Å². The minimum atomic E-state index is -0.647. The predicted octanol–water partition coefficient (Wildman–Crippen LogP) is 2.90. The third-order valence-electron chi connectivity index (χ3n) is 4.54. The number of benzene rings is 1. The highest BCUT2D eigenvalue weighted by Gasteiger charge is 2.36. The summed E-state index contributed by atoms with van der Waals surface area (Å²) in [6.07, 6.45) is 2.65. The predicted molar refractivity (Wildman–Crippen MR) is 100 cm³/mol. The molecule has 0 radical (unpaired) electrons. The lowest BCUT2D eigenvalue weighted by Crippen LogP contribution is -2.50. The first kappa shape index (κ1) is 17.4. The van der Waals surface area contributed by atoms with E-state index in [-0.39, 0.29) is 17.6 Å². The normalized spacial score (nSPS) is 16.0. The van der Waals surface area contributed by atoms with Gasteiger partial charge in [0.2, 0.25) is 11.0 Å². The van der Waals surface area contributed by atoms with Crippen LogP contribution in [0.15, 0.2) is 47.1 Å². The standard InChI is InChI=1S/C19H18N4O3S/c1-2-16-21-22-19(27-16)20-17(24)14-10-12-6-3-4-7-13(12)11-23(14)18(25)15-8-5-9-26-15/h3-9,14H,2,10-11H2,1H3,(H,20,22,24)/t14-/m0/s1. The number of nitrogens with one attached hydrogen (secondary N) is 1. The van der Waals surface area contributed by atoms with Gasteiger partial charge in [0.25, 0.3) is 5.91 Å². The highest BCUT2D eigenvalue weighted by molar-refractivity contribution is 7.15. The van der Waals surface area contributed by atoms with Crippen molar-refractivity contribution in [1.29, 1.82) is 0 Å². The van der Waals surface area contributed by atoms with Gasteiger partial charge in [0.05, 0.1) is 6.26 Å². The summed E-state index contributed by atoms with van der Waals surface area (Å²) in [5.41, 5.74) is 2.10. The molecule has 0 bridgehead atoms. The second-order valence-electron chi connectivity index (χ2n) is 6.24. The first-order valence-electron chi connectivity index (χ1n) is 8.70. The Bertz CT molecular complexity index is 967. The first-order valence-corrected chi connectivity index (χ1v) is 9.52. The van der Waals surface area contributed by atoms with Gasteiger partial charge in [-0.15, -0.1) is 10.2 Å². The Kier molecular flexibility index (Phi) is 4.72. The van der Waals surface area contributed by atoms with Crippen molar-refractivity contribution >= 4 is 28.3 Å². The molecule has 1 atom stereocenters. The number of rotatable bonds is 4. The molecule has 0 fully saturated rings. The molecule has 0 saturated heterocycles. The topological polar surface area (TPSA) is 88.3 Å². The summed E-state index contributed by atoms with van der Waals surface area (Å²) >= 11 is 1.34. The number of aromatic nitrogens is 2. The number of anilines is 1. The first-order chi connectivity index (χ1) is 13.2. The molecule has 27 heavy (non-hydrogen) atoms. The molecular weight excluding hydrogens is 364 g/mol. The van der Waals surface area contributed by atoms with Crippen LogP contribution in [0, 0.1) is 0 Å². The largest absolute Gasteiger partial charge is 0.459 e. The van der Waals surface area contributed by atoms with Gasteiger partial charge in [0.15, 0.2) is 5.76 Å². The zero-order valence-corrected chi connectivity index (χ0v) is 15.5. The molecule has 2 amide bonds. The van der Waals surface area contributed by atoms with Gasteiger partial charge in [0.1, 0.15) is 11.0 Å². The zero-order valence-electron chi connectivity index (χ0n) is 14.7. The van der Waals surface area contributed by atoms with Crippen molar-refractivity contribution < 1.29 is 14.0 Å². The number of furan rings is 1. The van der Waals surface area contributed by atoms with Crippen molar-refractivity contribution in [3.8, 4) is 0 Å². The third-order valence-corrected chi connectivity index (χ3v) is 5.53. The van der Waals surface area contributed by atoms with E-state index in [1.807, 2.05) is 31.2 Å². The van der Waals surface area contributed by atoms with E-state index in [1.54, 1.807) is 17.0 Å². The van der Waals surface area contributed by atoms with Crippen molar-refractivity contribution in [3.63, 3.8) is 0 Å². The second kappa shape index (κ2) is 7.32. The average molecular weight is 382 g/mol. The van der Waals surface area contributed by atoms with E-state index in [0.717, 1.165) is 22.6 Å². The van der Waals surface area contributed by atoms with Crippen LogP contribution in [0.2, 0.25) is 0 Å². The van der Waals surface area contributed by atoms with Crippen LogP contribution in [0.5, 0.6) is 0 Å². The van der Waals surface area contributed by atoms with Gasteiger partial charge in [-0.3, -0.25) is 14.9 Å². The molecule has 2 aromatic heterocycles. The third kappa shape index (κ3) is 3.48. The van der Waals surface area contributed by atoms with Crippen molar-refractivity contribution in [2.75, 3.05) is 5.32 Å². The summed E-state index contributed by atoms with van der Waals surface area (Å²) in [6.45, 7) is 2.33. The lowest BCUT2D eigenvalue weighted by Gasteiger charge is -2.35. The monoisotopic (exact) mass is 382 g/mol. The molecule has 3 heterocycles. The van der Waals surface area contributed by atoms with Crippen molar-refractivity contribution in [2.24, 2.45) is 0 Å². The van der Waals surface area contributed by atoms with Gasteiger partial charge in [-0.1, -0.05) is 42.5 Å². The Morgan fingerprint density at radius 1 is 1.22 bits per heavy atom. The zero-order chi connectivity index (χ0) is 18.8. The van der Waals surface area contributed by atoms with Crippen LogP contribution in [0.25, 0.3) is 0 Å². The van der Waals surface area contributed by atoms with Crippen LogP contribution in [-0.2, 0) is 24.2 Å². The fourth-order valence-electron chi connectivity index (χ4n) is 3.15. The summed E-state index contributed by atoms with van der Waals surface area (Å²) in [5, 5.41) is 12.1. The maximum absolute atomic E-state index is 13.0. The Morgan fingerprint density at radius 3 is 2.74 bits per heavy atom. The molecule has 8 heteroatoms. The van der Waals surface area contributed by atoms with Crippen LogP contribution >= 0.6 is 11.3 Å². The molecule has 138 valence electrons. The molecule has 4 rings (SSSR count). The van der Waals surface area contributed by atoms with E-state index in [1.165, 1.54) is 17.6 Å². The van der Waals surface area contributed by atoms with Gasteiger partial charge in [-0.25, -0.2) is 0 Å². The number of hydrogen-bond donors (Lipinski definition) is 1. The van der Waals surface area contributed by atoms with Crippen LogP contribution in [-0.4, -0.2) is 33.0 Å². The molecule has 3 aromatic rings. The number of nitrogens with zero attached hydrogens (tertiary/aromatic N) is 3. The molecule has 1 N–H and O–H groups in total. The van der Waals surface area contributed by atoms with E-state index in [9.17, 15) is 9.59 Å². The van der Waals surface area contributed by atoms with E-state index < -0.39 is 6.04 Å². The molecular formula is C19H18N4O3S. The molecule has 7 nitrogen and oxygen atoms in total. The molecule has 0 spiro atoms. The SMILES string of the molecule is CCc1nnc(NC(=O)[C@@H]2Cc3ccccc3CN2C(=O)c2ccco2)s1. The van der Waals surface area contributed by atoms with Crippen molar-refractivity contribution in [1.82, 2.24) is 15.1 Å². The molecule has 1 aliphatic rings. The van der Waals surface area contributed by atoms with Crippen LogP contribution < -0.4 is 5.32 Å². The number of amides is 2. The molecule has 1 aromatic carbocycles. The molecule has 0 saturated carbocycles. The van der Waals surface area contributed by atoms with Gasteiger partial charge < -0.3 is 9.32 Å². The fraction of sp³-hybridized carbons (Fsp3) is 0.263. The average Bonchev–Trinajstić information content (AvgIpc) is 3.38. The molecule has 0 unspecified atom stereocenters.